The smallest absolute Gasteiger partial charge is 0.274 e. The highest BCUT2D eigenvalue weighted by atomic mass is 16.5. The Hall–Kier alpha value is -2.12. The highest BCUT2D eigenvalue weighted by Gasteiger charge is 2.49. The molecule has 2 atom stereocenters. The van der Waals surface area contributed by atoms with E-state index in [1.54, 1.807) is 23.7 Å². The van der Waals surface area contributed by atoms with Gasteiger partial charge in [-0.15, -0.1) is 0 Å². The zero-order valence-electron chi connectivity index (χ0n) is 14.8. The van der Waals surface area contributed by atoms with Crippen molar-refractivity contribution in [2.75, 3.05) is 26.2 Å². The molecule has 0 aromatic heterocycles. The molecule has 3 aliphatic rings. The number of carbonyl (C=O) groups excluding carboxylic acids is 2. The lowest BCUT2D eigenvalue weighted by atomic mass is 9.76. The summed E-state index contributed by atoms with van der Waals surface area (Å²) in [5, 5.41) is 12.2. The van der Waals surface area contributed by atoms with Gasteiger partial charge in [-0.05, 0) is 43.4 Å². The molecule has 1 aromatic carbocycles. The number of rotatable bonds is 2. The molecule has 0 bridgehead atoms. The van der Waals surface area contributed by atoms with Gasteiger partial charge < -0.3 is 15.0 Å². The van der Waals surface area contributed by atoms with Crippen LogP contribution in [-0.2, 0) is 11.3 Å². The van der Waals surface area contributed by atoms with E-state index < -0.39 is 5.91 Å². The normalized spacial score (nSPS) is 27.7. The maximum Gasteiger partial charge on any atom is 0.274 e. The Balaban J connectivity index is 1.54. The second-order valence-electron chi connectivity index (χ2n) is 7.61. The first-order valence-electron chi connectivity index (χ1n) is 9.33. The van der Waals surface area contributed by atoms with Crippen LogP contribution in [0.15, 0.2) is 18.2 Å². The number of fused-ring (bicyclic) bond motifs is 1. The molecule has 1 aromatic rings. The standard InChI is InChI=1S/C19H25N3O4/c23-17(21-25)13-3-4-14-11-22(8-9-26-16(14)10-13)18(24)15-2-1-5-19(15)6-7-20-12-19/h3-4,10,15,20,25H,1-2,5-9,11-12H2,(H,21,23). The van der Waals surface area contributed by atoms with Gasteiger partial charge in [-0.1, -0.05) is 12.5 Å². The minimum atomic E-state index is -0.574. The molecule has 140 valence electrons. The van der Waals surface area contributed by atoms with Gasteiger partial charge in [0.15, 0.2) is 0 Å². The quantitative estimate of drug-likeness (QED) is 0.547. The van der Waals surface area contributed by atoms with Crippen LogP contribution in [0.3, 0.4) is 0 Å². The second kappa shape index (κ2) is 6.89. The number of hydroxylamine groups is 1. The topological polar surface area (TPSA) is 90.9 Å². The van der Waals surface area contributed by atoms with E-state index in [-0.39, 0.29) is 17.2 Å². The van der Waals surface area contributed by atoms with Crippen LogP contribution in [0.25, 0.3) is 0 Å². The van der Waals surface area contributed by atoms with E-state index in [0.717, 1.165) is 44.3 Å². The van der Waals surface area contributed by atoms with Gasteiger partial charge in [-0.2, -0.15) is 0 Å². The molecular weight excluding hydrogens is 334 g/mol. The fraction of sp³-hybridized carbons (Fsp3) is 0.579. The largest absolute Gasteiger partial charge is 0.491 e. The maximum absolute atomic E-state index is 13.3. The summed E-state index contributed by atoms with van der Waals surface area (Å²) in [7, 11) is 0. The molecule has 1 saturated carbocycles. The molecule has 3 N–H and O–H groups in total. The molecule has 1 aliphatic carbocycles. The molecule has 1 saturated heterocycles. The number of ether oxygens (including phenoxy) is 1. The average Bonchev–Trinajstić information content (AvgIpc) is 3.24. The third kappa shape index (κ3) is 2.95. The Morgan fingerprint density at radius 2 is 2.23 bits per heavy atom. The van der Waals surface area contributed by atoms with E-state index in [4.69, 9.17) is 9.94 Å². The molecule has 0 radical (unpaired) electrons. The van der Waals surface area contributed by atoms with Gasteiger partial charge in [0.1, 0.15) is 12.4 Å². The fourth-order valence-corrected chi connectivity index (χ4v) is 4.78. The molecule has 7 nitrogen and oxygen atoms in total. The molecule has 1 spiro atoms. The summed E-state index contributed by atoms with van der Waals surface area (Å²) in [5.74, 6) is 0.360. The van der Waals surface area contributed by atoms with Gasteiger partial charge >= 0.3 is 0 Å². The molecule has 4 rings (SSSR count). The average molecular weight is 359 g/mol. The van der Waals surface area contributed by atoms with Gasteiger partial charge in [-0.25, -0.2) is 5.48 Å². The van der Waals surface area contributed by atoms with Crippen molar-refractivity contribution in [2.45, 2.75) is 32.2 Å². The Morgan fingerprint density at radius 3 is 3.00 bits per heavy atom. The molecule has 2 fully saturated rings. The molecular formula is C19H25N3O4. The molecule has 2 heterocycles. The predicted octanol–water partition coefficient (Wildman–Crippen LogP) is 1.31. The Bertz CT molecular complexity index is 709. The van der Waals surface area contributed by atoms with Crippen LogP contribution in [0.2, 0.25) is 0 Å². The number of hydrogen-bond acceptors (Lipinski definition) is 5. The Morgan fingerprint density at radius 1 is 1.35 bits per heavy atom. The summed E-state index contributed by atoms with van der Waals surface area (Å²) in [6, 6.07) is 5.06. The minimum absolute atomic E-state index is 0.0958. The Labute approximate surface area is 152 Å². The highest BCUT2D eigenvalue weighted by molar-refractivity contribution is 5.93. The fourth-order valence-electron chi connectivity index (χ4n) is 4.78. The van der Waals surface area contributed by atoms with Gasteiger partial charge in [0.25, 0.3) is 5.91 Å². The number of amides is 2. The van der Waals surface area contributed by atoms with Crippen LogP contribution in [0, 0.1) is 11.3 Å². The number of carbonyl (C=O) groups is 2. The van der Waals surface area contributed by atoms with E-state index in [1.807, 2.05) is 4.90 Å². The summed E-state index contributed by atoms with van der Waals surface area (Å²) in [5.41, 5.74) is 2.99. The zero-order chi connectivity index (χ0) is 18.1. The van der Waals surface area contributed by atoms with Gasteiger partial charge in [0.05, 0.1) is 6.54 Å². The van der Waals surface area contributed by atoms with Crippen LogP contribution in [0.5, 0.6) is 5.75 Å². The molecule has 2 aliphatic heterocycles. The monoisotopic (exact) mass is 359 g/mol. The van der Waals surface area contributed by atoms with Crippen molar-refractivity contribution < 1.29 is 19.5 Å². The predicted molar refractivity (Wildman–Crippen MR) is 93.9 cm³/mol. The van der Waals surface area contributed by atoms with E-state index >= 15 is 0 Å². The van der Waals surface area contributed by atoms with Crippen LogP contribution in [0.1, 0.15) is 41.6 Å². The van der Waals surface area contributed by atoms with Gasteiger partial charge in [-0.3, -0.25) is 14.8 Å². The van der Waals surface area contributed by atoms with Crippen molar-refractivity contribution in [3.8, 4) is 5.75 Å². The summed E-state index contributed by atoms with van der Waals surface area (Å²) >= 11 is 0. The first kappa shape index (κ1) is 17.3. The first-order valence-corrected chi connectivity index (χ1v) is 9.33. The van der Waals surface area contributed by atoms with Gasteiger partial charge in [0, 0.05) is 30.1 Å². The van der Waals surface area contributed by atoms with Crippen molar-refractivity contribution in [2.24, 2.45) is 11.3 Å². The minimum Gasteiger partial charge on any atom is -0.491 e. The van der Waals surface area contributed by atoms with Gasteiger partial charge in [0.2, 0.25) is 5.91 Å². The van der Waals surface area contributed by atoms with E-state index in [9.17, 15) is 9.59 Å². The SMILES string of the molecule is O=C(NO)c1ccc2c(c1)OCCN(C(=O)C1CCCC13CCNC3)C2. The number of nitrogens with zero attached hydrogens (tertiary/aromatic N) is 1. The number of hydrogen-bond donors (Lipinski definition) is 3. The lowest BCUT2D eigenvalue weighted by molar-refractivity contribution is -0.139. The molecule has 2 amide bonds. The lowest BCUT2D eigenvalue weighted by Gasteiger charge is -2.33. The summed E-state index contributed by atoms with van der Waals surface area (Å²) < 4.78 is 5.78. The van der Waals surface area contributed by atoms with Crippen molar-refractivity contribution >= 4 is 11.8 Å². The second-order valence-corrected chi connectivity index (χ2v) is 7.61. The number of nitrogens with one attached hydrogen (secondary N) is 2. The van der Waals surface area contributed by atoms with Crippen molar-refractivity contribution in [1.29, 1.82) is 0 Å². The maximum atomic E-state index is 13.3. The van der Waals surface area contributed by atoms with Crippen LogP contribution in [-0.4, -0.2) is 48.2 Å². The molecule has 2 unspecified atom stereocenters. The summed E-state index contributed by atoms with van der Waals surface area (Å²) in [6.07, 6.45) is 4.32. The van der Waals surface area contributed by atoms with Crippen molar-refractivity contribution in [3.63, 3.8) is 0 Å². The molecule has 7 heteroatoms. The van der Waals surface area contributed by atoms with Crippen LogP contribution >= 0.6 is 0 Å². The highest BCUT2D eigenvalue weighted by Crippen LogP contribution is 2.48. The summed E-state index contributed by atoms with van der Waals surface area (Å²) in [6.45, 7) is 3.40. The van der Waals surface area contributed by atoms with E-state index in [1.165, 1.54) is 0 Å². The van der Waals surface area contributed by atoms with Crippen molar-refractivity contribution in [3.05, 3.63) is 29.3 Å². The van der Waals surface area contributed by atoms with E-state index in [2.05, 4.69) is 5.32 Å². The Kier molecular flexibility index (Phi) is 4.58. The van der Waals surface area contributed by atoms with Crippen LogP contribution < -0.4 is 15.5 Å². The summed E-state index contributed by atoms with van der Waals surface area (Å²) in [4.78, 5) is 26.8. The lowest BCUT2D eigenvalue weighted by Crippen LogP contribution is -2.43. The van der Waals surface area contributed by atoms with E-state index in [0.29, 0.717) is 31.0 Å². The third-order valence-electron chi connectivity index (χ3n) is 6.20. The van der Waals surface area contributed by atoms with Crippen molar-refractivity contribution in [1.82, 2.24) is 15.7 Å². The number of benzene rings is 1. The first-order chi connectivity index (χ1) is 12.6. The zero-order valence-corrected chi connectivity index (χ0v) is 14.8. The third-order valence-corrected chi connectivity index (χ3v) is 6.20. The molecule has 26 heavy (non-hydrogen) atoms. The van der Waals surface area contributed by atoms with Crippen LogP contribution in [0.4, 0.5) is 0 Å².